The molecule has 1 aliphatic heterocycles. The minimum atomic E-state index is -4.53. The lowest BCUT2D eigenvalue weighted by Crippen LogP contribution is -2.32. The fourth-order valence-corrected chi connectivity index (χ4v) is 4.81. The molecule has 0 atom stereocenters. The van der Waals surface area contributed by atoms with E-state index >= 15 is 0 Å². The van der Waals surface area contributed by atoms with Crippen LogP contribution in [0.3, 0.4) is 0 Å². The number of anilines is 1. The van der Waals surface area contributed by atoms with Gasteiger partial charge in [0, 0.05) is 19.0 Å². The molecule has 3 rings (SSSR count). The lowest BCUT2D eigenvalue weighted by molar-refractivity contribution is -0.153. The van der Waals surface area contributed by atoms with E-state index in [0.29, 0.717) is 18.9 Å². The number of benzene rings is 1. The van der Waals surface area contributed by atoms with Gasteiger partial charge in [-0.05, 0) is 31.0 Å². The van der Waals surface area contributed by atoms with Crippen LogP contribution in [0.5, 0.6) is 5.75 Å². The second kappa shape index (κ2) is 10.1. The standard InChI is InChI=1S/C20H27F3N4O4S/c1-14(2)19-25-18(31-26-19)12-24-16-11-15(7-8-17(16)30-13-20(21,22)23)32(28,29)27-9-5-3-4-6-10-27/h7-8,11,14,24H,3-6,9-10,12-13H2,1-2H3. The van der Waals surface area contributed by atoms with E-state index in [1.165, 1.54) is 22.5 Å². The van der Waals surface area contributed by atoms with Crippen molar-refractivity contribution in [2.45, 2.75) is 63.1 Å². The molecular weight excluding hydrogens is 449 g/mol. The molecule has 1 saturated heterocycles. The average molecular weight is 477 g/mol. The van der Waals surface area contributed by atoms with Gasteiger partial charge in [0.05, 0.1) is 17.1 Å². The van der Waals surface area contributed by atoms with Crippen molar-refractivity contribution in [2.75, 3.05) is 25.0 Å². The van der Waals surface area contributed by atoms with Gasteiger partial charge in [-0.3, -0.25) is 0 Å². The summed E-state index contributed by atoms with van der Waals surface area (Å²) in [7, 11) is -3.79. The molecule has 1 aliphatic rings. The molecule has 0 radical (unpaired) electrons. The summed E-state index contributed by atoms with van der Waals surface area (Å²) >= 11 is 0. The number of hydrogen-bond acceptors (Lipinski definition) is 7. The minimum Gasteiger partial charge on any atom is -0.482 e. The van der Waals surface area contributed by atoms with Crippen LogP contribution in [0, 0.1) is 0 Å². The molecule has 1 aromatic carbocycles. The first-order chi connectivity index (χ1) is 15.1. The highest BCUT2D eigenvalue weighted by molar-refractivity contribution is 7.89. The normalized spacial score (nSPS) is 16.2. The number of ether oxygens (including phenoxy) is 1. The number of rotatable bonds is 8. The van der Waals surface area contributed by atoms with Crippen molar-refractivity contribution in [3.05, 3.63) is 29.9 Å². The Kier molecular flexibility index (Phi) is 7.65. The zero-order chi connectivity index (χ0) is 23.4. The third-order valence-electron chi connectivity index (χ3n) is 4.98. The van der Waals surface area contributed by atoms with Crippen LogP contribution in [-0.4, -0.2) is 48.7 Å². The maximum Gasteiger partial charge on any atom is 0.422 e. The summed E-state index contributed by atoms with van der Waals surface area (Å²) in [5, 5.41) is 6.71. The predicted molar refractivity (Wildman–Crippen MR) is 111 cm³/mol. The SMILES string of the molecule is CC(C)c1noc(CNc2cc(S(=O)(=O)N3CCCCCC3)ccc2OCC(F)(F)F)n1. The second-order valence-electron chi connectivity index (χ2n) is 7.93. The maximum atomic E-state index is 13.1. The number of halogens is 3. The number of aromatic nitrogens is 2. The number of alkyl halides is 3. The highest BCUT2D eigenvalue weighted by Gasteiger charge is 2.30. The summed E-state index contributed by atoms with van der Waals surface area (Å²) in [4.78, 5) is 4.19. The molecule has 1 fully saturated rings. The van der Waals surface area contributed by atoms with Crippen molar-refractivity contribution in [3.63, 3.8) is 0 Å². The Morgan fingerprint density at radius 1 is 1.19 bits per heavy atom. The molecule has 178 valence electrons. The third-order valence-corrected chi connectivity index (χ3v) is 6.87. The lowest BCUT2D eigenvalue weighted by atomic mass is 10.2. The molecule has 0 spiro atoms. The van der Waals surface area contributed by atoms with Crippen LogP contribution in [0.1, 0.15) is 57.2 Å². The summed E-state index contributed by atoms with van der Waals surface area (Å²) in [6.07, 6.45) is -1.07. The molecule has 2 aromatic rings. The van der Waals surface area contributed by atoms with Crippen LogP contribution in [0.2, 0.25) is 0 Å². The van der Waals surface area contributed by atoms with E-state index in [-0.39, 0.29) is 34.7 Å². The van der Waals surface area contributed by atoms with E-state index < -0.39 is 22.8 Å². The highest BCUT2D eigenvalue weighted by atomic mass is 32.2. The molecule has 0 aliphatic carbocycles. The fourth-order valence-electron chi connectivity index (χ4n) is 3.27. The molecule has 1 N–H and O–H groups in total. The first kappa shape index (κ1) is 24.3. The molecule has 12 heteroatoms. The average Bonchev–Trinajstić information content (AvgIpc) is 3.03. The monoisotopic (exact) mass is 476 g/mol. The molecule has 0 unspecified atom stereocenters. The fraction of sp³-hybridized carbons (Fsp3) is 0.600. The maximum absolute atomic E-state index is 13.1. The number of nitrogens with one attached hydrogen (secondary N) is 1. The summed E-state index contributed by atoms with van der Waals surface area (Å²) in [6.45, 7) is 3.10. The Balaban J connectivity index is 1.86. The van der Waals surface area contributed by atoms with Crippen molar-refractivity contribution >= 4 is 15.7 Å². The van der Waals surface area contributed by atoms with Crippen LogP contribution in [0.4, 0.5) is 18.9 Å². The van der Waals surface area contributed by atoms with Gasteiger partial charge in [-0.25, -0.2) is 8.42 Å². The van der Waals surface area contributed by atoms with E-state index in [1.54, 1.807) is 0 Å². The molecule has 2 heterocycles. The van der Waals surface area contributed by atoms with Crippen molar-refractivity contribution in [2.24, 2.45) is 0 Å². The van der Waals surface area contributed by atoms with E-state index in [2.05, 4.69) is 15.5 Å². The zero-order valence-corrected chi connectivity index (χ0v) is 18.8. The predicted octanol–water partition coefficient (Wildman–Crippen LogP) is 4.31. The van der Waals surface area contributed by atoms with E-state index in [9.17, 15) is 21.6 Å². The Morgan fingerprint density at radius 2 is 1.88 bits per heavy atom. The molecule has 32 heavy (non-hydrogen) atoms. The van der Waals surface area contributed by atoms with Crippen LogP contribution in [-0.2, 0) is 16.6 Å². The van der Waals surface area contributed by atoms with Gasteiger partial charge in [0.25, 0.3) is 0 Å². The Morgan fingerprint density at radius 3 is 2.47 bits per heavy atom. The van der Waals surface area contributed by atoms with E-state index in [0.717, 1.165) is 25.7 Å². The van der Waals surface area contributed by atoms with Gasteiger partial charge >= 0.3 is 6.18 Å². The van der Waals surface area contributed by atoms with Gasteiger partial charge < -0.3 is 14.6 Å². The minimum absolute atomic E-state index is 0.00465. The summed E-state index contributed by atoms with van der Waals surface area (Å²) in [6, 6.07) is 3.78. The van der Waals surface area contributed by atoms with Crippen molar-refractivity contribution in [3.8, 4) is 5.75 Å². The second-order valence-corrected chi connectivity index (χ2v) is 9.87. The third kappa shape index (κ3) is 6.35. The molecule has 0 bridgehead atoms. The van der Waals surface area contributed by atoms with Crippen LogP contribution in [0.15, 0.2) is 27.6 Å². The number of nitrogens with zero attached hydrogens (tertiary/aromatic N) is 3. The van der Waals surface area contributed by atoms with E-state index in [4.69, 9.17) is 9.26 Å². The van der Waals surface area contributed by atoms with Crippen molar-refractivity contribution < 1.29 is 30.8 Å². The summed E-state index contributed by atoms with van der Waals surface area (Å²) in [5.41, 5.74) is 0.0921. The molecule has 8 nitrogen and oxygen atoms in total. The highest BCUT2D eigenvalue weighted by Crippen LogP contribution is 2.31. The van der Waals surface area contributed by atoms with Gasteiger partial charge in [-0.1, -0.05) is 31.8 Å². The first-order valence-electron chi connectivity index (χ1n) is 10.5. The van der Waals surface area contributed by atoms with Gasteiger partial charge in [0.2, 0.25) is 15.9 Å². The number of hydrogen-bond donors (Lipinski definition) is 1. The molecule has 1 aromatic heterocycles. The lowest BCUT2D eigenvalue weighted by Gasteiger charge is -2.21. The van der Waals surface area contributed by atoms with Gasteiger partial charge in [-0.15, -0.1) is 0 Å². The quantitative estimate of drug-likeness (QED) is 0.606. The van der Waals surface area contributed by atoms with Gasteiger partial charge in [0.1, 0.15) is 5.75 Å². The Labute approximate surface area is 185 Å². The summed E-state index contributed by atoms with van der Waals surface area (Å²) in [5.74, 6) is 0.630. The van der Waals surface area contributed by atoms with Crippen LogP contribution in [0.25, 0.3) is 0 Å². The van der Waals surface area contributed by atoms with Crippen molar-refractivity contribution in [1.29, 1.82) is 0 Å². The van der Waals surface area contributed by atoms with E-state index in [1.807, 2.05) is 13.8 Å². The van der Waals surface area contributed by atoms with Crippen molar-refractivity contribution in [1.82, 2.24) is 14.4 Å². The summed E-state index contributed by atoms with van der Waals surface area (Å²) < 4.78 is 75.7. The molecule has 0 amide bonds. The Bertz CT molecular complexity index is 1000. The first-order valence-corrected chi connectivity index (χ1v) is 11.9. The molecule has 0 saturated carbocycles. The van der Waals surface area contributed by atoms with Gasteiger partial charge in [-0.2, -0.15) is 22.5 Å². The topological polar surface area (TPSA) is 97.6 Å². The van der Waals surface area contributed by atoms with Crippen LogP contribution >= 0.6 is 0 Å². The Hall–Kier alpha value is -2.34. The number of sulfonamides is 1. The molecular formula is C20H27F3N4O4S. The smallest absolute Gasteiger partial charge is 0.422 e. The largest absolute Gasteiger partial charge is 0.482 e. The van der Waals surface area contributed by atoms with Crippen LogP contribution < -0.4 is 10.1 Å². The zero-order valence-electron chi connectivity index (χ0n) is 18.0. The van der Waals surface area contributed by atoms with Gasteiger partial charge in [0.15, 0.2) is 12.4 Å².